The second-order valence-electron chi connectivity index (χ2n) is 5.86. The normalized spacial score (nSPS) is 10.5. The molecule has 26 heavy (non-hydrogen) atoms. The number of halogens is 1. The van der Waals surface area contributed by atoms with Crippen LogP contribution < -0.4 is 10.1 Å². The zero-order valence-electron chi connectivity index (χ0n) is 14.5. The number of nitrogens with zero attached hydrogens (tertiary/aromatic N) is 4. The van der Waals surface area contributed by atoms with E-state index in [1.54, 1.807) is 10.8 Å². The summed E-state index contributed by atoms with van der Waals surface area (Å²) in [7, 11) is 0. The van der Waals surface area contributed by atoms with Gasteiger partial charge in [0.2, 0.25) is 5.95 Å². The van der Waals surface area contributed by atoms with E-state index in [1.807, 2.05) is 30.3 Å². The molecule has 0 amide bonds. The Morgan fingerprint density at radius 2 is 2.15 bits per heavy atom. The predicted molar refractivity (Wildman–Crippen MR) is 102 cm³/mol. The first-order chi connectivity index (χ1) is 12.7. The third-order valence-electron chi connectivity index (χ3n) is 3.77. The van der Waals surface area contributed by atoms with Gasteiger partial charge in [0, 0.05) is 17.1 Å². The number of benzene rings is 2. The first kappa shape index (κ1) is 17.9. The number of anilines is 1. The summed E-state index contributed by atoms with van der Waals surface area (Å²) >= 11 is 6.15. The van der Waals surface area contributed by atoms with E-state index in [-0.39, 0.29) is 0 Å². The standard InChI is InChI=1S/C19H20ClN5O/c1-3-9-25-19(22-23-24-25)21-12-16-11-17(20)7-8-18(16)26-13-15-6-4-5-14(2)10-15/h3-8,10-11H,1,9,12-13H2,2H3,(H,21,22,24). The highest BCUT2D eigenvalue weighted by Crippen LogP contribution is 2.25. The Morgan fingerprint density at radius 3 is 2.96 bits per heavy atom. The first-order valence-electron chi connectivity index (χ1n) is 8.23. The molecule has 134 valence electrons. The molecular weight excluding hydrogens is 350 g/mol. The summed E-state index contributed by atoms with van der Waals surface area (Å²) in [5, 5.41) is 15.4. The van der Waals surface area contributed by atoms with E-state index in [9.17, 15) is 0 Å². The summed E-state index contributed by atoms with van der Waals surface area (Å²) in [6.07, 6.45) is 1.73. The molecule has 0 unspecified atom stereocenters. The fourth-order valence-electron chi connectivity index (χ4n) is 2.54. The van der Waals surface area contributed by atoms with Crippen molar-refractivity contribution >= 4 is 17.5 Å². The van der Waals surface area contributed by atoms with E-state index >= 15 is 0 Å². The van der Waals surface area contributed by atoms with Crippen LogP contribution in [0.1, 0.15) is 16.7 Å². The van der Waals surface area contributed by atoms with Crippen LogP contribution in [0.3, 0.4) is 0 Å². The van der Waals surface area contributed by atoms with Gasteiger partial charge in [0.25, 0.3) is 0 Å². The summed E-state index contributed by atoms with van der Waals surface area (Å²) in [5.41, 5.74) is 3.25. The number of hydrogen-bond acceptors (Lipinski definition) is 5. The summed E-state index contributed by atoms with van der Waals surface area (Å²) in [5.74, 6) is 1.33. The van der Waals surface area contributed by atoms with Gasteiger partial charge in [-0.25, -0.2) is 4.68 Å². The minimum absolute atomic E-state index is 0.487. The third kappa shape index (κ3) is 4.61. The van der Waals surface area contributed by atoms with Crippen molar-refractivity contribution in [2.75, 3.05) is 5.32 Å². The lowest BCUT2D eigenvalue weighted by atomic mass is 10.1. The largest absolute Gasteiger partial charge is 0.489 e. The number of hydrogen-bond donors (Lipinski definition) is 1. The fraction of sp³-hybridized carbons (Fsp3) is 0.211. The molecule has 7 heteroatoms. The van der Waals surface area contributed by atoms with Crippen LogP contribution in [0.4, 0.5) is 5.95 Å². The lowest BCUT2D eigenvalue weighted by molar-refractivity contribution is 0.303. The number of ether oxygens (including phenoxy) is 1. The average Bonchev–Trinajstić information content (AvgIpc) is 3.07. The van der Waals surface area contributed by atoms with Crippen molar-refractivity contribution < 1.29 is 4.74 Å². The van der Waals surface area contributed by atoms with Crippen LogP contribution >= 0.6 is 11.6 Å². The van der Waals surface area contributed by atoms with E-state index in [0.717, 1.165) is 16.9 Å². The van der Waals surface area contributed by atoms with Crippen molar-refractivity contribution in [1.29, 1.82) is 0 Å². The van der Waals surface area contributed by atoms with E-state index in [2.05, 4.69) is 46.5 Å². The molecule has 1 aromatic heterocycles. The molecule has 6 nitrogen and oxygen atoms in total. The molecule has 0 aliphatic rings. The van der Waals surface area contributed by atoms with Gasteiger partial charge in [0.1, 0.15) is 12.4 Å². The Balaban J connectivity index is 1.71. The Kier molecular flexibility index (Phi) is 5.86. The number of aromatic nitrogens is 4. The smallest absolute Gasteiger partial charge is 0.243 e. The second-order valence-corrected chi connectivity index (χ2v) is 6.29. The van der Waals surface area contributed by atoms with Crippen LogP contribution in [-0.4, -0.2) is 20.2 Å². The maximum atomic E-state index is 6.15. The van der Waals surface area contributed by atoms with E-state index in [1.165, 1.54) is 5.56 Å². The number of rotatable bonds is 8. The lowest BCUT2D eigenvalue weighted by Crippen LogP contribution is -2.09. The number of tetrazole rings is 1. The van der Waals surface area contributed by atoms with E-state index in [0.29, 0.717) is 30.7 Å². The molecule has 0 fully saturated rings. The first-order valence-corrected chi connectivity index (χ1v) is 8.61. The van der Waals surface area contributed by atoms with Crippen molar-refractivity contribution in [3.05, 3.63) is 76.8 Å². The third-order valence-corrected chi connectivity index (χ3v) is 4.01. The molecule has 0 atom stereocenters. The quantitative estimate of drug-likeness (QED) is 0.608. The molecule has 0 bridgehead atoms. The van der Waals surface area contributed by atoms with Crippen molar-refractivity contribution in [3.8, 4) is 5.75 Å². The molecule has 3 rings (SSSR count). The molecule has 2 aromatic carbocycles. The predicted octanol–water partition coefficient (Wildman–Crippen LogP) is 4.01. The molecule has 0 aliphatic heterocycles. The minimum atomic E-state index is 0.487. The Bertz CT molecular complexity index is 893. The molecule has 0 saturated carbocycles. The van der Waals surface area contributed by atoms with Crippen molar-refractivity contribution in [1.82, 2.24) is 20.2 Å². The number of aryl methyl sites for hydroxylation is 1. The summed E-state index contributed by atoms with van der Waals surface area (Å²) in [4.78, 5) is 0. The van der Waals surface area contributed by atoms with Gasteiger partial charge in [-0.3, -0.25) is 0 Å². The van der Waals surface area contributed by atoms with Crippen LogP contribution in [0.2, 0.25) is 5.02 Å². The zero-order valence-corrected chi connectivity index (χ0v) is 15.3. The van der Waals surface area contributed by atoms with Crippen molar-refractivity contribution in [3.63, 3.8) is 0 Å². The number of nitrogens with one attached hydrogen (secondary N) is 1. The average molecular weight is 370 g/mol. The molecule has 1 N–H and O–H groups in total. The maximum Gasteiger partial charge on any atom is 0.243 e. The van der Waals surface area contributed by atoms with Crippen LogP contribution in [0.25, 0.3) is 0 Å². The van der Waals surface area contributed by atoms with Gasteiger partial charge in [-0.2, -0.15) is 0 Å². The second kappa shape index (κ2) is 8.49. The molecule has 0 radical (unpaired) electrons. The fourth-order valence-corrected chi connectivity index (χ4v) is 2.74. The highest BCUT2D eigenvalue weighted by Gasteiger charge is 2.09. The topological polar surface area (TPSA) is 64.9 Å². The van der Waals surface area contributed by atoms with Crippen LogP contribution in [-0.2, 0) is 19.7 Å². The molecular formula is C19H20ClN5O. The van der Waals surface area contributed by atoms with Gasteiger partial charge >= 0.3 is 0 Å². The highest BCUT2D eigenvalue weighted by molar-refractivity contribution is 6.30. The van der Waals surface area contributed by atoms with Gasteiger partial charge in [-0.15, -0.1) is 6.58 Å². The minimum Gasteiger partial charge on any atom is -0.489 e. The van der Waals surface area contributed by atoms with Crippen LogP contribution in [0.15, 0.2) is 55.1 Å². The summed E-state index contributed by atoms with van der Waals surface area (Å²) in [6, 6.07) is 13.8. The maximum absolute atomic E-state index is 6.15. The van der Waals surface area contributed by atoms with Crippen molar-refractivity contribution in [2.24, 2.45) is 0 Å². The van der Waals surface area contributed by atoms with Crippen LogP contribution in [0.5, 0.6) is 5.75 Å². The van der Waals surface area contributed by atoms with E-state index < -0.39 is 0 Å². The lowest BCUT2D eigenvalue weighted by Gasteiger charge is -2.13. The van der Waals surface area contributed by atoms with Gasteiger partial charge in [0.05, 0.1) is 6.54 Å². The van der Waals surface area contributed by atoms with E-state index in [4.69, 9.17) is 16.3 Å². The number of allylic oxidation sites excluding steroid dienone is 1. The SMILES string of the molecule is C=CCn1nnnc1NCc1cc(Cl)ccc1OCc1cccc(C)c1. The molecule has 3 aromatic rings. The van der Waals surface area contributed by atoms with Gasteiger partial charge in [0.15, 0.2) is 0 Å². The monoisotopic (exact) mass is 369 g/mol. The van der Waals surface area contributed by atoms with Crippen LogP contribution in [0, 0.1) is 6.92 Å². The van der Waals surface area contributed by atoms with Gasteiger partial charge < -0.3 is 10.1 Å². The van der Waals surface area contributed by atoms with Gasteiger partial charge in [-0.1, -0.05) is 52.6 Å². The van der Waals surface area contributed by atoms with Crippen molar-refractivity contribution in [2.45, 2.75) is 26.6 Å². The molecule has 1 heterocycles. The molecule has 0 aliphatic carbocycles. The molecule has 0 spiro atoms. The summed E-state index contributed by atoms with van der Waals surface area (Å²) < 4.78 is 7.64. The Morgan fingerprint density at radius 1 is 1.27 bits per heavy atom. The zero-order chi connectivity index (χ0) is 18.4. The Hall–Kier alpha value is -2.86. The Labute approximate surface area is 157 Å². The highest BCUT2D eigenvalue weighted by atomic mass is 35.5. The molecule has 0 saturated heterocycles. The summed E-state index contributed by atoms with van der Waals surface area (Å²) in [6.45, 7) is 7.27. The van der Waals surface area contributed by atoms with Gasteiger partial charge in [-0.05, 0) is 41.1 Å².